The monoisotopic (exact) mass is 330 g/mol. The number of likely N-dealkylation sites (N-methyl/N-ethyl adjacent to an activating group) is 1. The van der Waals surface area contributed by atoms with Crippen LogP contribution in [0.4, 0.5) is 0 Å². The summed E-state index contributed by atoms with van der Waals surface area (Å²) in [5, 5.41) is 4.41. The fourth-order valence-corrected chi connectivity index (χ4v) is 3.30. The van der Waals surface area contributed by atoms with Crippen molar-refractivity contribution in [2.45, 2.75) is 38.9 Å². The number of carbonyl (C=O) groups excluding carboxylic acids is 1. The summed E-state index contributed by atoms with van der Waals surface area (Å²) >= 11 is 0. The number of nitrogens with zero attached hydrogens (tertiary/aromatic N) is 6. The van der Waals surface area contributed by atoms with Crippen LogP contribution in [0.3, 0.4) is 0 Å². The maximum absolute atomic E-state index is 12.6. The first-order valence-corrected chi connectivity index (χ1v) is 8.33. The lowest BCUT2D eigenvalue weighted by Gasteiger charge is -2.33. The number of rotatable bonds is 4. The van der Waals surface area contributed by atoms with Gasteiger partial charge in [0.1, 0.15) is 0 Å². The van der Waals surface area contributed by atoms with E-state index in [0.717, 1.165) is 24.5 Å². The molecule has 7 nitrogen and oxygen atoms in total. The van der Waals surface area contributed by atoms with Crippen molar-refractivity contribution in [2.24, 2.45) is 7.05 Å². The highest BCUT2D eigenvalue weighted by Crippen LogP contribution is 2.29. The highest BCUT2D eigenvalue weighted by atomic mass is 16.2. The average molecular weight is 330 g/mol. The van der Waals surface area contributed by atoms with E-state index in [-0.39, 0.29) is 11.8 Å². The zero-order chi connectivity index (χ0) is 17.4. The van der Waals surface area contributed by atoms with Gasteiger partial charge in [-0.3, -0.25) is 14.4 Å². The Labute approximate surface area is 142 Å². The molecule has 0 bridgehead atoms. The summed E-state index contributed by atoms with van der Waals surface area (Å²) in [6.07, 6.45) is 5.80. The Morgan fingerprint density at radius 2 is 2.17 bits per heavy atom. The first kappa shape index (κ1) is 16.7. The topological polar surface area (TPSA) is 59.2 Å². The van der Waals surface area contributed by atoms with Crippen molar-refractivity contribution in [3.63, 3.8) is 0 Å². The van der Waals surface area contributed by atoms with Gasteiger partial charge >= 0.3 is 0 Å². The highest BCUT2D eigenvalue weighted by molar-refractivity contribution is 5.83. The number of carbonyl (C=O) groups is 1. The second-order valence-corrected chi connectivity index (χ2v) is 7.06. The molecule has 0 fully saturated rings. The van der Waals surface area contributed by atoms with E-state index in [0.29, 0.717) is 12.6 Å². The molecular formula is C17H26N6O. The molecule has 2 aromatic rings. The smallest absolute Gasteiger partial charge is 0.232 e. The Hall–Kier alpha value is -2.15. The summed E-state index contributed by atoms with van der Waals surface area (Å²) < 4.78 is 3.95. The van der Waals surface area contributed by atoms with Crippen LogP contribution in [-0.4, -0.2) is 55.7 Å². The van der Waals surface area contributed by atoms with Crippen molar-refractivity contribution in [3.8, 4) is 0 Å². The van der Waals surface area contributed by atoms with Gasteiger partial charge in [-0.15, -0.1) is 0 Å². The summed E-state index contributed by atoms with van der Waals surface area (Å²) in [5.74, 6) is -0.0428. The Morgan fingerprint density at radius 3 is 2.79 bits per heavy atom. The Morgan fingerprint density at radius 1 is 1.42 bits per heavy atom. The first-order chi connectivity index (χ1) is 11.4. The molecule has 3 rings (SSSR count). The summed E-state index contributed by atoms with van der Waals surface area (Å²) in [4.78, 5) is 21.1. The number of aryl methyl sites for hydroxylation is 1. The molecule has 0 saturated carbocycles. The fourth-order valence-electron chi connectivity index (χ4n) is 3.30. The van der Waals surface area contributed by atoms with Crippen LogP contribution in [0.25, 0.3) is 0 Å². The quantitative estimate of drug-likeness (QED) is 0.850. The van der Waals surface area contributed by atoms with Gasteiger partial charge in [-0.25, -0.2) is 4.98 Å². The summed E-state index contributed by atoms with van der Waals surface area (Å²) in [6.45, 7) is 6.48. The Kier molecular flexibility index (Phi) is 4.45. The number of amides is 1. The van der Waals surface area contributed by atoms with Crippen molar-refractivity contribution < 1.29 is 4.79 Å². The largest absolute Gasteiger partial charge is 0.348 e. The van der Waals surface area contributed by atoms with Gasteiger partial charge in [-0.2, -0.15) is 5.10 Å². The first-order valence-electron chi connectivity index (χ1n) is 8.33. The van der Waals surface area contributed by atoms with E-state index < -0.39 is 0 Å². The third-order valence-electron chi connectivity index (χ3n) is 4.54. The molecule has 24 heavy (non-hydrogen) atoms. The number of hydrogen-bond acceptors (Lipinski definition) is 4. The maximum Gasteiger partial charge on any atom is 0.232 e. The van der Waals surface area contributed by atoms with Crippen molar-refractivity contribution in [1.29, 1.82) is 0 Å². The minimum Gasteiger partial charge on any atom is -0.348 e. The molecule has 0 unspecified atom stereocenters. The summed E-state index contributed by atoms with van der Waals surface area (Å²) in [6, 6.07) is 0.352. The molecule has 2 aromatic heterocycles. The molecule has 0 saturated heterocycles. The van der Waals surface area contributed by atoms with E-state index in [9.17, 15) is 4.79 Å². The van der Waals surface area contributed by atoms with Crippen molar-refractivity contribution in [3.05, 3.63) is 35.7 Å². The molecule has 0 aromatic carbocycles. The highest BCUT2D eigenvalue weighted by Gasteiger charge is 2.34. The zero-order valence-electron chi connectivity index (χ0n) is 15.1. The van der Waals surface area contributed by atoms with Gasteiger partial charge in [-0.05, 0) is 13.8 Å². The van der Waals surface area contributed by atoms with Gasteiger partial charge < -0.3 is 9.47 Å². The van der Waals surface area contributed by atoms with Crippen LogP contribution in [0.15, 0.2) is 18.7 Å². The number of aromatic nitrogens is 4. The minimum atomic E-state index is -0.170. The molecular weight excluding hydrogens is 304 g/mol. The summed E-state index contributed by atoms with van der Waals surface area (Å²) in [5.41, 5.74) is 3.21. The van der Waals surface area contributed by atoms with Crippen LogP contribution in [0.5, 0.6) is 0 Å². The minimum absolute atomic E-state index is 0.127. The molecule has 130 valence electrons. The van der Waals surface area contributed by atoms with Crippen molar-refractivity contribution in [2.75, 3.05) is 20.6 Å². The lowest BCUT2D eigenvalue weighted by atomic mass is 9.96. The van der Waals surface area contributed by atoms with Crippen LogP contribution in [0, 0.1) is 0 Å². The number of hydrogen-bond donors (Lipinski definition) is 0. The van der Waals surface area contributed by atoms with E-state index in [4.69, 9.17) is 0 Å². The fraction of sp³-hybridized carbons (Fsp3) is 0.588. The molecule has 0 N–H and O–H groups in total. The lowest BCUT2D eigenvalue weighted by Crippen LogP contribution is -2.41. The molecule has 1 amide bonds. The van der Waals surface area contributed by atoms with Gasteiger partial charge in [0, 0.05) is 58.6 Å². The third-order valence-corrected chi connectivity index (χ3v) is 4.54. The van der Waals surface area contributed by atoms with Crippen molar-refractivity contribution in [1.82, 2.24) is 29.1 Å². The van der Waals surface area contributed by atoms with E-state index >= 15 is 0 Å². The summed E-state index contributed by atoms with van der Waals surface area (Å²) in [7, 11) is 5.58. The van der Waals surface area contributed by atoms with E-state index in [1.165, 1.54) is 5.56 Å². The molecule has 1 atom stereocenters. The van der Waals surface area contributed by atoms with E-state index in [2.05, 4.69) is 35.0 Å². The predicted molar refractivity (Wildman–Crippen MR) is 91.4 cm³/mol. The lowest BCUT2D eigenvalue weighted by molar-refractivity contribution is -0.131. The number of fused-ring (bicyclic) bond motifs is 1. The van der Waals surface area contributed by atoms with Crippen LogP contribution in [0.1, 0.15) is 42.8 Å². The Balaban J connectivity index is 1.82. The molecule has 1 aliphatic rings. The zero-order valence-corrected chi connectivity index (χ0v) is 15.1. The van der Waals surface area contributed by atoms with E-state index in [1.807, 2.05) is 36.6 Å². The maximum atomic E-state index is 12.6. The van der Waals surface area contributed by atoms with Gasteiger partial charge in [-0.1, -0.05) is 0 Å². The third kappa shape index (κ3) is 3.08. The van der Waals surface area contributed by atoms with Gasteiger partial charge in [0.15, 0.2) is 0 Å². The van der Waals surface area contributed by atoms with Crippen LogP contribution in [0.2, 0.25) is 0 Å². The average Bonchev–Trinajstić information content (AvgIpc) is 3.13. The van der Waals surface area contributed by atoms with Gasteiger partial charge in [0.2, 0.25) is 5.91 Å². The number of imidazole rings is 1. The molecule has 0 aliphatic carbocycles. The Bertz CT molecular complexity index is 729. The second-order valence-electron chi connectivity index (χ2n) is 7.06. The molecule has 7 heteroatoms. The second kappa shape index (κ2) is 6.39. The molecule has 1 aliphatic heterocycles. The normalized spacial score (nSPS) is 18.0. The molecule has 0 radical (unpaired) electrons. The molecule has 0 spiro atoms. The van der Waals surface area contributed by atoms with Gasteiger partial charge in [0.05, 0.1) is 29.8 Å². The van der Waals surface area contributed by atoms with Crippen LogP contribution >= 0.6 is 0 Å². The SMILES string of the molecule is CC(C)n1cc(CN2Cc3ncn(C)c3[C@@H](C(=O)N(C)C)C2)cn1. The van der Waals surface area contributed by atoms with Crippen LogP contribution in [-0.2, 0) is 24.9 Å². The van der Waals surface area contributed by atoms with Gasteiger partial charge in [0.25, 0.3) is 0 Å². The standard InChI is InChI=1S/C17H26N6O/c1-12(2)23-8-13(6-19-23)7-22-9-14(17(24)20(3)4)16-15(10-22)18-11-21(16)5/h6,8,11-12,14H,7,9-10H2,1-5H3/t14-/m0/s1. The van der Waals surface area contributed by atoms with Crippen LogP contribution < -0.4 is 0 Å². The predicted octanol–water partition coefficient (Wildman–Crippen LogP) is 1.39. The van der Waals surface area contributed by atoms with Crippen molar-refractivity contribution >= 4 is 5.91 Å². The van der Waals surface area contributed by atoms with E-state index in [1.54, 1.807) is 11.2 Å². The molecule has 3 heterocycles.